The lowest BCUT2D eigenvalue weighted by Crippen LogP contribution is -2.60. The molecule has 0 aromatic heterocycles. The molecule has 3 saturated heterocycles. The molecule has 3 heterocycles. The summed E-state index contributed by atoms with van der Waals surface area (Å²) in [6, 6.07) is 19.6. The zero-order chi connectivity index (χ0) is 19.9. The average molecular weight is 393 g/mol. The summed E-state index contributed by atoms with van der Waals surface area (Å²) in [6.45, 7) is 2.60. The van der Waals surface area contributed by atoms with E-state index in [9.17, 15) is 9.90 Å². The van der Waals surface area contributed by atoms with E-state index in [4.69, 9.17) is 4.74 Å². The molecule has 29 heavy (non-hydrogen) atoms. The van der Waals surface area contributed by atoms with Gasteiger partial charge in [0.2, 0.25) is 5.60 Å². The lowest BCUT2D eigenvalue weighted by Gasteiger charge is -2.47. The van der Waals surface area contributed by atoms with Crippen molar-refractivity contribution in [2.24, 2.45) is 0 Å². The Hall–Kier alpha value is -2.17. The number of benzene rings is 2. The molecule has 1 spiro atoms. The number of rotatable bonds is 4. The van der Waals surface area contributed by atoms with Gasteiger partial charge in [-0.15, -0.1) is 0 Å². The van der Waals surface area contributed by atoms with Crippen LogP contribution in [0.1, 0.15) is 49.7 Å². The van der Waals surface area contributed by atoms with Gasteiger partial charge >= 0.3 is 5.97 Å². The maximum Gasteiger partial charge on any atom is 0.347 e. The molecule has 0 amide bonds. The molecular formula is C25H30NO3+. The van der Waals surface area contributed by atoms with Crippen molar-refractivity contribution in [1.82, 2.24) is 0 Å². The number of esters is 1. The number of carbonyl (C=O) groups is 1. The number of hydrogen-bond acceptors (Lipinski definition) is 3. The zero-order valence-electron chi connectivity index (χ0n) is 16.9. The molecular weight excluding hydrogens is 362 g/mol. The topological polar surface area (TPSA) is 46.5 Å². The molecule has 0 aliphatic carbocycles. The van der Waals surface area contributed by atoms with Gasteiger partial charge in [0.25, 0.3) is 0 Å². The number of piperidine rings is 1. The Morgan fingerprint density at radius 1 is 0.862 bits per heavy atom. The molecule has 5 rings (SSSR count). The number of ether oxygens (including phenoxy) is 1. The van der Waals surface area contributed by atoms with E-state index in [1.54, 1.807) is 24.3 Å². The molecule has 3 aliphatic rings. The third-order valence-corrected chi connectivity index (χ3v) is 7.71. The molecule has 3 fully saturated rings. The van der Waals surface area contributed by atoms with Crippen LogP contribution in [-0.2, 0) is 15.1 Å². The molecule has 0 saturated carbocycles. The quantitative estimate of drug-likeness (QED) is 0.636. The number of hydrogen-bond donors (Lipinski definition) is 1. The van der Waals surface area contributed by atoms with Crippen LogP contribution in [0.4, 0.5) is 0 Å². The monoisotopic (exact) mass is 392 g/mol. The van der Waals surface area contributed by atoms with E-state index in [1.165, 1.54) is 43.3 Å². The van der Waals surface area contributed by atoms with E-state index in [-0.39, 0.29) is 6.10 Å². The number of carbonyl (C=O) groups excluding carboxylic acids is 1. The van der Waals surface area contributed by atoms with Crippen LogP contribution in [0.5, 0.6) is 0 Å². The number of aliphatic hydroxyl groups is 1. The maximum atomic E-state index is 13.4. The molecule has 0 unspecified atom stereocenters. The minimum atomic E-state index is -1.78. The van der Waals surface area contributed by atoms with E-state index in [0.717, 1.165) is 12.8 Å². The molecule has 0 radical (unpaired) electrons. The third kappa shape index (κ3) is 3.01. The molecule has 2 aromatic rings. The first-order valence-electron chi connectivity index (χ1n) is 11.0. The van der Waals surface area contributed by atoms with Gasteiger partial charge < -0.3 is 14.3 Å². The summed E-state index contributed by atoms with van der Waals surface area (Å²) in [6.07, 6.45) is 6.94. The first-order chi connectivity index (χ1) is 14.1. The molecule has 1 N–H and O–H groups in total. The van der Waals surface area contributed by atoms with E-state index in [1.807, 2.05) is 36.4 Å². The van der Waals surface area contributed by atoms with Crippen LogP contribution >= 0.6 is 0 Å². The first kappa shape index (κ1) is 18.8. The van der Waals surface area contributed by atoms with Crippen molar-refractivity contribution in [3.63, 3.8) is 0 Å². The van der Waals surface area contributed by atoms with Gasteiger partial charge in [-0.2, -0.15) is 0 Å². The summed E-state index contributed by atoms with van der Waals surface area (Å²) >= 11 is 0. The van der Waals surface area contributed by atoms with Gasteiger partial charge in [0.15, 0.2) is 0 Å². The Morgan fingerprint density at radius 3 is 1.83 bits per heavy atom. The van der Waals surface area contributed by atoms with Crippen molar-refractivity contribution >= 4 is 5.97 Å². The van der Waals surface area contributed by atoms with Crippen LogP contribution < -0.4 is 0 Å². The minimum absolute atomic E-state index is 0.0942. The molecule has 152 valence electrons. The van der Waals surface area contributed by atoms with Gasteiger partial charge in [-0.3, -0.25) is 0 Å². The van der Waals surface area contributed by atoms with Gasteiger partial charge in [0.1, 0.15) is 6.10 Å². The molecule has 4 nitrogen and oxygen atoms in total. The highest BCUT2D eigenvalue weighted by Gasteiger charge is 2.56. The average Bonchev–Trinajstić information content (AvgIpc) is 3.31. The standard InChI is InChI=1S/C25H30NO3/c27-24(25(28,19-9-3-1-4-10-19)20-11-5-2-6-12-20)29-23-17-21-13-14-22(18-23)26(21)15-7-8-16-26/h1-6,9-12,21-23,28H,7-8,13-18H2/q+1/t21-,22-/m1/s1. The molecule has 3 aliphatic heterocycles. The lowest BCUT2D eigenvalue weighted by atomic mass is 9.86. The van der Waals surface area contributed by atoms with Crippen molar-refractivity contribution in [2.75, 3.05) is 13.1 Å². The first-order valence-corrected chi connectivity index (χ1v) is 11.0. The van der Waals surface area contributed by atoms with E-state index >= 15 is 0 Å². The summed E-state index contributed by atoms with van der Waals surface area (Å²) < 4.78 is 7.32. The van der Waals surface area contributed by atoms with E-state index < -0.39 is 11.6 Å². The van der Waals surface area contributed by atoms with Crippen molar-refractivity contribution in [2.45, 2.75) is 62.3 Å². The zero-order valence-corrected chi connectivity index (χ0v) is 16.9. The van der Waals surface area contributed by atoms with Gasteiger partial charge in [-0.25, -0.2) is 4.79 Å². The molecule has 2 atom stereocenters. The fourth-order valence-corrected chi connectivity index (χ4v) is 6.30. The Morgan fingerprint density at radius 2 is 1.34 bits per heavy atom. The van der Waals surface area contributed by atoms with Crippen LogP contribution in [-0.4, -0.2) is 46.8 Å². The normalized spacial score (nSPS) is 27.8. The summed E-state index contributed by atoms with van der Waals surface area (Å²) in [5, 5.41) is 11.6. The predicted molar refractivity (Wildman–Crippen MR) is 111 cm³/mol. The Kier molecular flexibility index (Phi) is 4.72. The summed E-state index contributed by atoms with van der Waals surface area (Å²) in [7, 11) is 0. The van der Waals surface area contributed by atoms with Gasteiger partial charge in [0, 0.05) is 38.5 Å². The van der Waals surface area contributed by atoms with Crippen LogP contribution in [0.15, 0.2) is 60.7 Å². The highest BCUT2D eigenvalue weighted by Crippen LogP contribution is 2.46. The van der Waals surface area contributed by atoms with Crippen molar-refractivity contribution in [1.29, 1.82) is 0 Å². The van der Waals surface area contributed by atoms with Crippen molar-refractivity contribution in [3.05, 3.63) is 71.8 Å². The lowest BCUT2D eigenvalue weighted by molar-refractivity contribution is -0.956. The molecule has 4 heteroatoms. The fourth-order valence-electron chi connectivity index (χ4n) is 6.30. The van der Waals surface area contributed by atoms with Crippen LogP contribution in [0, 0.1) is 0 Å². The second-order valence-corrected chi connectivity index (χ2v) is 9.08. The maximum absolute atomic E-state index is 13.4. The summed E-state index contributed by atoms with van der Waals surface area (Å²) in [5.41, 5.74) is -0.671. The van der Waals surface area contributed by atoms with E-state index in [0.29, 0.717) is 23.2 Å². The second kappa shape index (κ2) is 7.26. The highest BCUT2D eigenvalue weighted by molar-refractivity contribution is 5.85. The Labute approximate surface area is 172 Å². The van der Waals surface area contributed by atoms with Gasteiger partial charge in [-0.1, -0.05) is 60.7 Å². The Bertz CT molecular complexity index is 805. The van der Waals surface area contributed by atoms with E-state index in [2.05, 4.69) is 0 Å². The van der Waals surface area contributed by atoms with Crippen molar-refractivity contribution in [3.8, 4) is 0 Å². The summed E-state index contributed by atoms with van der Waals surface area (Å²) in [4.78, 5) is 13.4. The largest absolute Gasteiger partial charge is 0.459 e. The summed E-state index contributed by atoms with van der Waals surface area (Å²) in [5.74, 6) is -0.547. The number of quaternary nitrogens is 1. The predicted octanol–water partition coefficient (Wildman–Crippen LogP) is 3.77. The van der Waals surface area contributed by atoms with Crippen LogP contribution in [0.25, 0.3) is 0 Å². The van der Waals surface area contributed by atoms with Gasteiger partial charge in [-0.05, 0) is 11.1 Å². The highest BCUT2D eigenvalue weighted by atomic mass is 16.6. The van der Waals surface area contributed by atoms with Crippen LogP contribution in [0.2, 0.25) is 0 Å². The van der Waals surface area contributed by atoms with Gasteiger partial charge in [0.05, 0.1) is 25.2 Å². The second-order valence-electron chi connectivity index (χ2n) is 9.08. The number of nitrogens with zero attached hydrogens (tertiary/aromatic N) is 1. The Balaban J connectivity index is 1.40. The molecule has 2 bridgehead atoms. The fraction of sp³-hybridized carbons (Fsp3) is 0.480. The van der Waals surface area contributed by atoms with Crippen molar-refractivity contribution < 1.29 is 19.1 Å². The van der Waals surface area contributed by atoms with Crippen LogP contribution in [0.3, 0.4) is 0 Å². The third-order valence-electron chi connectivity index (χ3n) is 7.71. The minimum Gasteiger partial charge on any atom is -0.459 e. The molecule has 2 aromatic carbocycles. The SMILES string of the molecule is O=C(OC1C[C@H]2CC[C@H](C1)[N+]21CCCC1)C(O)(c1ccccc1)c1ccccc1. The smallest absolute Gasteiger partial charge is 0.347 e.